The van der Waals surface area contributed by atoms with Gasteiger partial charge in [-0.1, -0.05) is 48.2 Å². The molecule has 2 aromatic carbocycles. The first-order valence-electron chi connectivity index (χ1n) is 12.0. The Morgan fingerprint density at radius 1 is 1.11 bits per heavy atom. The molecule has 0 aliphatic rings. The monoisotopic (exact) mass is 547 g/mol. The van der Waals surface area contributed by atoms with Gasteiger partial charge in [0.25, 0.3) is 0 Å². The van der Waals surface area contributed by atoms with E-state index in [4.69, 9.17) is 4.74 Å². The quantitative estimate of drug-likeness (QED) is 0.143. The third-order valence-corrected chi connectivity index (χ3v) is 7.47. The summed E-state index contributed by atoms with van der Waals surface area (Å²) in [5.41, 5.74) is 3.98. The number of hydrogen-bond donors (Lipinski definition) is 1. The Morgan fingerprint density at radius 2 is 1.84 bits per heavy atom. The number of rotatable bonds is 11. The molecule has 2 heterocycles. The van der Waals surface area contributed by atoms with Gasteiger partial charge in [-0.05, 0) is 36.8 Å². The van der Waals surface area contributed by atoms with Crippen LogP contribution in [-0.2, 0) is 16.1 Å². The molecular weight excluding hydrogens is 518 g/mol. The van der Waals surface area contributed by atoms with Crippen LogP contribution in [0.15, 0.2) is 77.8 Å². The Hall–Kier alpha value is -3.89. The number of allylic oxidation sites excluding steroid dienone is 1. The molecular formula is C28H29N5O3S2. The van der Waals surface area contributed by atoms with Crippen LogP contribution in [0.1, 0.15) is 17.3 Å². The molecule has 10 heteroatoms. The third kappa shape index (κ3) is 6.15. The molecule has 0 aliphatic carbocycles. The van der Waals surface area contributed by atoms with E-state index < -0.39 is 5.97 Å². The smallest absolute Gasteiger partial charge is 0.341 e. The molecule has 1 amide bonds. The second kappa shape index (κ2) is 12.6. The van der Waals surface area contributed by atoms with Crippen molar-refractivity contribution >= 4 is 45.7 Å². The summed E-state index contributed by atoms with van der Waals surface area (Å²) in [7, 11) is 3.98. The maximum Gasteiger partial charge on any atom is 0.341 e. The molecule has 0 spiro atoms. The molecule has 0 saturated heterocycles. The largest absolute Gasteiger partial charge is 0.462 e. The molecule has 4 aromatic rings. The van der Waals surface area contributed by atoms with E-state index in [9.17, 15) is 9.59 Å². The van der Waals surface area contributed by atoms with Crippen LogP contribution >= 0.6 is 23.1 Å². The molecule has 0 bridgehead atoms. The van der Waals surface area contributed by atoms with Gasteiger partial charge in [-0.25, -0.2) is 4.79 Å². The van der Waals surface area contributed by atoms with Crippen molar-refractivity contribution < 1.29 is 14.3 Å². The average Bonchev–Trinajstić information content (AvgIpc) is 3.52. The number of hydrogen-bond acceptors (Lipinski definition) is 8. The second-order valence-electron chi connectivity index (χ2n) is 8.42. The number of benzene rings is 2. The lowest BCUT2D eigenvalue weighted by Gasteiger charge is -2.13. The van der Waals surface area contributed by atoms with Crippen LogP contribution in [0, 0.1) is 0 Å². The predicted molar refractivity (Wildman–Crippen MR) is 155 cm³/mol. The third-order valence-electron chi connectivity index (χ3n) is 5.61. The molecule has 0 radical (unpaired) electrons. The lowest BCUT2D eigenvalue weighted by molar-refractivity contribution is -0.113. The fourth-order valence-electron chi connectivity index (χ4n) is 3.79. The number of esters is 1. The molecule has 0 unspecified atom stereocenters. The van der Waals surface area contributed by atoms with E-state index >= 15 is 0 Å². The van der Waals surface area contributed by atoms with Gasteiger partial charge in [-0.15, -0.1) is 28.1 Å². The molecule has 8 nitrogen and oxygen atoms in total. The minimum Gasteiger partial charge on any atom is -0.462 e. The van der Waals surface area contributed by atoms with E-state index in [1.807, 2.05) is 83.5 Å². The van der Waals surface area contributed by atoms with Gasteiger partial charge in [0.1, 0.15) is 10.6 Å². The van der Waals surface area contributed by atoms with Crippen molar-refractivity contribution in [2.24, 2.45) is 0 Å². The SMILES string of the molecule is C=CCn1c(SCC(=O)Nc2scc(-c3ccccc3)c2C(=O)OCC)nnc1-c1ccc(N(C)C)cc1. The number of thiophene rings is 1. The summed E-state index contributed by atoms with van der Waals surface area (Å²) < 4.78 is 7.21. The van der Waals surface area contributed by atoms with Crippen LogP contribution in [0.2, 0.25) is 0 Å². The molecule has 1 N–H and O–H groups in total. The predicted octanol–water partition coefficient (Wildman–Crippen LogP) is 5.83. The Labute approximate surface area is 230 Å². The number of aromatic nitrogens is 3. The molecule has 0 aliphatic heterocycles. The summed E-state index contributed by atoms with van der Waals surface area (Å²) in [6.45, 7) is 6.35. The van der Waals surface area contributed by atoms with Crippen molar-refractivity contribution in [1.29, 1.82) is 0 Å². The highest BCUT2D eigenvalue weighted by Crippen LogP contribution is 2.36. The zero-order valence-electron chi connectivity index (χ0n) is 21.5. The maximum atomic E-state index is 13.0. The highest BCUT2D eigenvalue weighted by molar-refractivity contribution is 7.99. The summed E-state index contributed by atoms with van der Waals surface area (Å²) in [5, 5.41) is 14.5. The first-order chi connectivity index (χ1) is 18.4. The van der Waals surface area contributed by atoms with Crippen molar-refractivity contribution in [2.75, 3.05) is 36.7 Å². The van der Waals surface area contributed by atoms with Crippen molar-refractivity contribution in [3.05, 3.63) is 78.2 Å². The Morgan fingerprint density at radius 3 is 2.50 bits per heavy atom. The van der Waals surface area contributed by atoms with Gasteiger partial charge in [-0.3, -0.25) is 9.36 Å². The van der Waals surface area contributed by atoms with Crippen molar-refractivity contribution in [3.8, 4) is 22.5 Å². The number of nitrogens with zero attached hydrogens (tertiary/aromatic N) is 4. The van der Waals surface area contributed by atoms with Crippen LogP contribution < -0.4 is 10.2 Å². The Balaban J connectivity index is 1.51. The number of carbonyl (C=O) groups excluding carboxylic acids is 2. The van der Waals surface area contributed by atoms with E-state index in [1.165, 1.54) is 23.1 Å². The summed E-state index contributed by atoms with van der Waals surface area (Å²) in [6, 6.07) is 17.6. The molecule has 38 heavy (non-hydrogen) atoms. The van der Waals surface area contributed by atoms with E-state index in [0.717, 1.165) is 22.4 Å². The van der Waals surface area contributed by atoms with Gasteiger partial charge in [-0.2, -0.15) is 0 Å². The number of carbonyl (C=O) groups is 2. The highest BCUT2D eigenvalue weighted by atomic mass is 32.2. The molecule has 4 rings (SSSR count). The maximum absolute atomic E-state index is 13.0. The van der Waals surface area contributed by atoms with Crippen molar-refractivity contribution in [1.82, 2.24) is 14.8 Å². The number of nitrogens with one attached hydrogen (secondary N) is 1. The van der Waals surface area contributed by atoms with Gasteiger partial charge in [0.2, 0.25) is 5.91 Å². The molecule has 0 saturated carbocycles. The minimum absolute atomic E-state index is 0.0929. The van der Waals surface area contributed by atoms with E-state index in [0.29, 0.717) is 28.1 Å². The van der Waals surface area contributed by atoms with Gasteiger partial charge < -0.3 is 15.0 Å². The van der Waals surface area contributed by atoms with Gasteiger partial charge in [0, 0.05) is 42.8 Å². The van der Waals surface area contributed by atoms with E-state index in [2.05, 4.69) is 22.1 Å². The fourth-order valence-corrected chi connectivity index (χ4v) is 5.51. The Kier molecular flexibility index (Phi) is 8.98. The van der Waals surface area contributed by atoms with Crippen LogP contribution in [0.3, 0.4) is 0 Å². The molecule has 196 valence electrons. The number of amides is 1. The average molecular weight is 548 g/mol. The fraction of sp³-hybridized carbons (Fsp3) is 0.214. The number of ether oxygens (including phenoxy) is 1. The first kappa shape index (κ1) is 27.2. The van der Waals surface area contributed by atoms with Gasteiger partial charge >= 0.3 is 5.97 Å². The number of thioether (sulfide) groups is 1. The summed E-state index contributed by atoms with van der Waals surface area (Å²) in [4.78, 5) is 27.8. The summed E-state index contributed by atoms with van der Waals surface area (Å²) in [6.07, 6.45) is 1.77. The van der Waals surface area contributed by atoms with Gasteiger partial charge in [0.05, 0.1) is 12.4 Å². The van der Waals surface area contributed by atoms with Crippen molar-refractivity contribution in [3.63, 3.8) is 0 Å². The van der Waals surface area contributed by atoms with Crippen LogP contribution in [0.25, 0.3) is 22.5 Å². The zero-order chi connectivity index (χ0) is 27.1. The molecule has 0 atom stereocenters. The minimum atomic E-state index is -0.466. The summed E-state index contributed by atoms with van der Waals surface area (Å²) in [5.74, 6) is 0.0714. The standard InChI is InChI=1S/C28H29N5O3S2/c1-5-16-33-25(20-12-14-21(15-13-20)32(3)4)30-31-28(33)38-18-23(34)29-26-24(27(35)36-6-2)22(17-37-26)19-10-8-7-9-11-19/h5,7-15,17H,1,6,16,18H2,2-4H3,(H,29,34). The number of anilines is 2. The van der Waals surface area contributed by atoms with Gasteiger partial charge in [0.15, 0.2) is 11.0 Å². The molecule has 0 fully saturated rings. The van der Waals surface area contributed by atoms with Crippen LogP contribution in [-0.4, -0.2) is 53.1 Å². The highest BCUT2D eigenvalue weighted by Gasteiger charge is 2.23. The van der Waals surface area contributed by atoms with E-state index in [1.54, 1.807) is 13.0 Å². The lowest BCUT2D eigenvalue weighted by Crippen LogP contribution is -2.17. The lowest BCUT2D eigenvalue weighted by atomic mass is 10.0. The topological polar surface area (TPSA) is 89.3 Å². The van der Waals surface area contributed by atoms with Crippen LogP contribution in [0.5, 0.6) is 0 Å². The second-order valence-corrected chi connectivity index (χ2v) is 10.2. The Bertz CT molecular complexity index is 1410. The zero-order valence-corrected chi connectivity index (χ0v) is 23.1. The first-order valence-corrected chi connectivity index (χ1v) is 13.9. The van der Waals surface area contributed by atoms with Crippen LogP contribution in [0.4, 0.5) is 10.7 Å². The van der Waals surface area contributed by atoms with Crippen molar-refractivity contribution in [2.45, 2.75) is 18.6 Å². The normalized spacial score (nSPS) is 10.7. The summed E-state index contributed by atoms with van der Waals surface area (Å²) >= 11 is 2.57. The molecule has 2 aromatic heterocycles. The van der Waals surface area contributed by atoms with E-state index in [-0.39, 0.29) is 18.3 Å².